The van der Waals surface area contributed by atoms with Gasteiger partial charge < -0.3 is 19.5 Å². The van der Waals surface area contributed by atoms with Crippen molar-refractivity contribution in [2.24, 2.45) is 0 Å². The van der Waals surface area contributed by atoms with Crippen molar-refractivity contribution in [1.82, 2.24) is 4.90 Å². The lowest BCUT2D eigenvalue weighted by Crippen LogP contribution is -2.53. The van der Waals surface area contributed by atoms with E-state index in [1.807, 2.05) is 0 Å². The first kappa shape index (κ1) is 12.9. The fourth-order valence-electron chi connectivity index (χ4n) is 1.61. The minimum atomic E-state index is -0.648. The molecule has 6 heteroatoms. The molecular weight excluding hydrogens is 214 g/mol. The number of nitrogens with zero attached hydrogens (tertiary/aromatic N) is 1. The van der Waals surface area contributed by atoms with E-state index in [0.29, 0.717) is 19.6 Å². The molecule has 6 nitrogen and oxygen atoms in total. The third-order valence-electron chi connectivity index (χ3n) is 2.47. The molecule has 0 aromatic heterocycles. The topological polar surface area (TPSA) is 76.1 Å². The van der Waals surface area contributed by atoms with Gasteiger partial charge in [0.2, 0.25) is 5.91 Å². The fourth-order valence-corrected chi connectivity index (χ4v) is 1.61. The van der Waals surface area contributed by atoms with Gasteiger partial charge in [-0.2, -0.15) is 0 Å². The minimum Gasteiger partial charge on any atom is -0.467 e. The van der Waals surface area contributed by atoms with Gasteiger partial charge in [0.05, 0.1) is 20.3 Å². The van der Waals surface area contributed by atoms with E-state index in [9.17, 15) is 9.59 Å². The third-order valence-corrected chi connectivity index (χ3v) is 2.47. The molecule has 0 spiro atoms. The number of amides is 1. The monoisotopic (exact) mass is 231 g/mol. The molecule has 1 aliphatic rings. The predicted octanol–water partition coefficient (Wildman–Crippen LogP) is -0.841. The number of morpholine rings is 1. The Bertz CT molecular complexity index is 256. The predicted molar refractivity (Wildman–Crippen MR) is 54.7 cm³/mol. The van der Waals surface area contributed by atoms with Gasteiger partial charge in [0.15, 0.2) is 6.04 Å². The van der Waals surface area contributed by atoms with Crippen LogP contribution < -0.4 is 0 Å². The summed E-state index contributed by atoms with van der Waals surface area (Å²) < 4.78 is 9.76. The molecule has 1 rings (SSSR count). The third kappa shape index (κ3) is 3.18. The van der Waals surface area contributed by atoms with E-state index >= 15 is 0 Å². The largest absolute Gasteiger partial charge is 0.467 e. The lowest BCUT2D eigenvalue weighted by molar-refractivity contribution is -0.160. The Hall–Kier alpha value is -1.14. The van der Waals surface area contributed by atoms with Crippen molar-refractivity contribution >= 4 is 11.9 Å². The van der Waals surface area contributed by atoms with E-state index in [1.54, 1.807) is 0 Å². The summed E-state index contributed by atoms with van der Waals surface area (Å²) in [6.07, 6.45) is 0.647. The van der Waals surface area contributed by atoms with Crippen molar-refractivity contribution in [3.8, 4) is 0 Å². The molecule has 1 unspecified atom stereocenters. The zero-order chi connectivity index (χ0) is 12.0. The van der Waals surface area contributed by atoms with Crippen LogP contribution in [0.15, 0.2) is 0 Å². The van der Waals surface area contributed by atoms with Crippen molar-refractivity contribution in [3.05, 3.63) is 0 Å². The highest BCUT2D eigenvalue weighted by atomic mass is 16.5. The molecule has 92 valence electrons. The Balaban J connectivity index is 2.59. The smallest absolute Gasteiger partial charge is 0.331 e. The van der Waals surface area contributed by atoms with Crippen LogP contribution in [-0.2, 0) is 19.1 Å². The molecule has 1 fully saturated rings. The van der Waals surface area contributed by atoms with Crippen LogP contribution in [0.2, 0.25) is 0 Å². The Labute approximate surface area is 94.1 Å². The van der Waals surface area contributed by atoms with Crippen LogP contribution in [-0.4, -0.2) is 61.4 Å². The molecule has 0 aromatic rings. The molecule has 1 atom stereocenters. The molecular formula is C10H17NO5. The van der Waals surface area contributed by atoms with E-state index in [4.69, 9.17) is 9.84 Å². The maximum Gasteiger partial charge on any atom is 0.331 e. The number of ether oxygens (including phenoxy) is 2. The van der Waals surface area contributed by atoms with Gasteiger partial charge in [-0.15, -0.1) is 0 Å². The molecule has 1 aliphatic heterocycles. The second-order valence-corrected chi connectivity index (χ2v) is 3.53. The van der Waals surface area contributed by atoms with Gasteiger partial charge >= 0.3 is 5.97 Å². The number of aliphatic hydroxyl groups excluding tert-OH is 1. The molecule has 0 aliphatic carbocycles. The highest BCUT2D eigenvalue weighted by Crippen LogP contribution is 2.11. The summed E-state index contributed by atoms with van der Waals surface area (Å²) in [6.45, 7) is 0.971. The van der Waals surface area contributed by atoms with Gasteiger partial charge in [-0.05, 0) is 6.42 Å². The Morgan fingerprint density at radius 3 is 2.94 bits per heavy atom. The first-order valence-corrected chi connectivity index (χ1v) is 5.26. The van der Waals surface area contributed by atoms with Crippen LogP contribution in [0.3, 0.4) is 0 Å². The Morgan fingerprint density at radius 1 is 1.56 bits per heavy atom. The molecule has 1 saturated heterocycles. The average Bonchev–Trinajstić information content (AvgIpc) is 2.35. The van der Waals surface area contributed by atoms with Crippen molar-refractivity contribution in [2.45, 2.75) is 18.9 Å². The lowest BCUT2D eigenvalue weighted by Gasteiger charge is -2.33. The van der Waals surface area contributed by atoms with Crippen LogP contribution in [0, 0.1) is 0 Å². The number of aliphatic hydroxyl groups is 1. The zero-order valence-corrected chi connectivity index (χ0v) is 9.35. The number of carbonyl (C=O) groups excluding carboxylic acids is 2. The van der Waals surface area contributed by atoms with Gasteiger partial charge in [-0.3, -0.25) is 4.79 Å². The summed E-state index contributed by atoms with van der Waals surface area (Å²) >= 11 is 0. The highest BCUT2D eigenvalue weighted by Gasteiger charge is 2.33. The summed E-state index contributed by atoms with van der Waals surface area (Å²) in [4.78, 5) is 24.6. The van der Waals surface area contributed by atoms with Crippen LogP contribution in [0.4, 0.5) is 0 Å². The number of hydrogen-bond acceptors (Lipinski definition) is 5. The minimum absolute atomic E-state index is 0.0288. The van der Waals surface area contributed by atoms with Gasteiger partial charge in [0, 0.05) is 19.6 Å². The molecule has 1 heterocycles. The summed E-state index contributed by atoms with van der Waals surface area (Å²) in [6, 6.07) is -0.648. The molecule has 0 aromatic carbocycles. The van der Waals surface area contributed by atoms with Gasteiger partial charge in [0.1, 0.15) is 0 Å². The molecule has 1 amide bonds. The highest BCUT2D eigenvalue weighted by molar-refractivity contribution is 5.84. The van der Waals surface area contributed by atoms with E-state index in [2.05, 4.69) is 4.74 Å². The summed E-state index contributed by atoms with van der Waals surface area (Å²) in [5.41, 5.74) is 0. The van der Waals surface area contributed by atoms with Crippen LogP contribution in [0.1, 0.15) is 12.8 Å². The van der Waals surface area contributed by atoms with Crippen LogP contribution in [0.5, 0.6) is 0 Å². The number of methoxy groups -OCH3 is 1. The Morgan fingerprint density at radius 2 is 2.31 bits per heavy atom. The molecule has 16 heavy (non-hydrogen) atoms. The molecule has 0 radical (unpaired) electrons. The molecule has 1 N–H and O–H groups in total. The number of esters is 1. The van der Waals surface area contributed by atoms with Gasteiger partial charge in [-0.1, -0.05) is 0 Å². The number of hydrogen-bond donors (Lipinski definition) is 1. The first-order chi connectivity index (χ1) is 7.70. The summed E-state index contributed by atoms with van der Waals surface area (Å²) in [5, 5.41) is 8.65. The van der Waals surface area contributed by atoms with E-state index in [1.165, 1.54) is 12.0 Å². The maximum absolute atomic E-state index is 11.7. The molecule has 0 bridgehead atoms. The van der Waals surface area contributed by atoms with Crippen molar-refractivity contribution < 1.29 is 24.2 Å². The zero-order valence-electron chi connectivity index (χ0n) is 9.35. The SMILES string of the molecule is COC(=O)C1COCCN1C(=O)CCCO. The van der Waals surface area contributed by atoms with Crippen molar-refractivity contribution in [2.75, 3.05) is 33.5 Å². The Kier molecular flexibility index (Phi) is 5.21. The average molecular weight is 231 g/mol. The second kappa shape index (κ2) is 6.44. The van der Waals surface area contributed by atoms with Crippen LogP contribution >= 0.6 is 0 Å². The standard InChI is InChI=1S/C10H17NO5/c1-15-10(14)8-7-16-6-4-11(8)9(13)3-2-5-12/h8,12H,2-7H2,1H3. The number of rotatable bonds is 4. The van der Waals surface area contributed by atoms with Crippen molar-refractivity contribution in [3.63, 3.8) is 0 Å². The lowest BCUT2D eigenvalue weighted by atomic mass is 10.2. The van der Waals surface area contributed by atoms with Gasteiger partial charge in [-0.25, -0.2) is 4.79 Å². The van der Waals surface area contributed by atoms with E-state index in [-0.39, 0.29) is 25.5 Å². The fraction of sp³-hybridized carbons (Fsp3) is 0.800. The normalized spacial score (nSPS) is 20.6. The summed E-state index contributed by atoms with van der Waals surface area (Å²) in [5.74, 6) is -0.607. The van der Waals surface area contributed by atoms with E-state index < -0.39 is 12.0 Å². The van der Waals surface area contributed by atoms with Crippen LogP contribution in [0.25, 0.3) is 0 Å². The van der Waals surface area contributed by atoms with E-state index in [0.717, 1.165) is 0 Å². The second-order valence-electron chi connectivity index (χ2n) is 3.53. The van der Waals surface area contributed by atoms with Gasteiger partial charge in [0.25, 0.3) is 0 Å². The quantitative estimate of drug-likeness (QED) is 0.638. The van der Waals surface area contributed by atoms with Crippen molar-refractivity contribution in [1.29, 1.82) is 0 Å². The molecule has 0 saturated carbocycles. The first-order valence-electron chi connectivity index (χ1n) is 5.26. The maximum atomic E-state index is 11.7. The number of carbonyl (C=O) groups is 2. The summed E-state index contributed by atoms with van der Waals surface area (Å²) in [7, 11) is 1.29.